The van der Waals surface area contributed by atoms with E-state index < -0.39 is 18.8 Å². The minimum Gasteiger partial charge on any atom is -0.370 e. The molecule has 1 heterocycles. The van der Waals surface area contributed by atoms with Crippen molar-refractivity contribution < 1.29 is 17.9 Å². The van der Waals surface area contributed by atoms with Crippen molar-refractivity contribution in [1.29, 1.82) is 0 Å². The highest BCUT2D eigenvalue weighted by molar-refractivity contribution is 6.31. The Kier molecular flexibility index (Phi) is 4.29. The average molecular weight is 306 g/mol. The van der Waals surface area contributed by atoms with E-state index in [0.29, 0.717) is 16.1 Å². The van der Waals surface area contributed by atoms with Crippen LogP contribution in [-0.2, 0) is 4.74 Å². The number of nitrogens with zero attached hydrogens (tertiary/aromatic N) is 2. The minimum atomic E-state index is -4.43. The zero-order valence-corrected chi connectivity index (χ0v) is 11.2. The van der Waals surface area contributed by atoms with Crippen LogP contribution in [0.3, 0.4) is 0 Å². The second kappa shape index (κ2) is 5.80. The average Bonchev–Trinajstić information content (AvgIpc) is 2.38. The molecular formula is C12H11ClF3N3O. The van der Waals surface area contributed by atoms with E-state index in [4.69, 9.17) is 11.6 Å². The van der Waals surface area contributed by atoms with Gasteiger partial charge in [-0.05, 0) is 18.2 Å². The van der Waals surface area contributed by atoms with Gasteiger partial charge >= 0.3 is 6.18 Å². The van der Waals surface area contributed by atoms with Gasteiger partial charge in [0.05, 0.1) is 23.8 Å². The van der Waals surface area contributed by atoms with Gasteiger partial charge in [-0.3, -0.25) is 4.98 Å². The maximum atomic E-state index is 12.5. The fourth-order valence-corrected chi connectivity index (χ4v) is 1.77. The number of alkyl halides is 3. The SMILES string of the molecule is COC(CNc1cnc2cc(Cl)ccc2n1)C(F)(F)F. The van der Waals surface area contributed by atoms with E-state index in [2.05, 4.69) is 20.0 Å². The molecule has 4 nitrogen and oxygen atoms in total. The molecule has 2 rings (SSSR count). The van der Waals surface area contributed by atoms with Gasteiger partial charge in [0.15, 0.2) is 6.10 Å². The van der Waals surface area contributed by atoms with Crippen LogP contribution in [0.5, 0.6) is 0 Å². The second-order valence-electron chi connectivity index (χ2n) is 4.04. The Morgan fingerprint density at radius 1 is 1.35 bits per heavy atom. The molecule has 0 radical (unpaired) electrons. The highest BCUT2D eigenvalue weighted by Gasteiger charge is 2.39. The van der Waals surface area contributed by atoms with E-state index in [1.54, 1.807) is 18.2 Å². The van der Waals surface area contributed by atoms with Gasteiger partial charge in [-0.2, -0.15) is 13.2 Å². The van der Waals surface area contributed by atoms with Gasteiger partial charge in [0, 0.05) is 12.1 Å². The highest BCUT2D eigenvalue weighted by Crippen LogP contribution is 2.23. The lowest BCUT2D eigenvalue weighted by Crippen LogP contribution is -2.37. The maximum Gasteiger partial charge on any atom is 0.416 e. The van der Waals surface area contributed by atoms with Crippen molar-refractivity contribution in [2.24, 2.45) is 0 Å². The molecule has 108 valence electrons. The summed E-state index contributed by atoms with van der Waals surface area (Å²) >= 11 is 5.81. The smallest absolute Gasteiger partial charge is 0.370 e. The lowest BCUT2D eigenvalue weighted by Gasteiger charge is -2.19. The third-order valence-corrected chi connectivity index (χ3v) is 2.86. The summed E-state index contributed by atoms with van der Waals surface area (Å²) < 4.78 is 41.9. The van der Waals surface area contributed by atoms with Crippen LogP contribution in [0, 0.1) is 0 Å². The van der Waals surface area contributed by atoms with Crippen LogP contribution >= 0.6 is 11.6 Å². The maximum absolute atomic E-state index is 12.5. The van der Waals surface area contributed by atoms with Crippen molar-refractivity contribution >= 4 is 28.5 Å². The summed E-state index contributed by atoms with van der Waals surface area (Å²) in [5.74, 6) is 0.242. The van der Waals surface area contributed by atoms with E-state index in [-0.39, 0.29) is 5.82 Å². The summed E-state index contributed by atoms with van der Waals surface area (Å²) in [5.41, 5.74) is 1.11. The molecule has 0 amide bonds. The molecule has 1 atom stereocenters. The number of benzene rings is 1. The van der Waals surface area contributed by atoms with Crippen LogP contribution in [0.4, 0.5) is 19.0 Å². The molecule has 0 spiro atoms. The number of hydrogen-bond acceptors (Lipinski definition) is 4. The highest BCUT2D eigenvalue weighted by atomic mass is 35.5. The Morgan fingerprint density at radius 3 is 2.75 bits per heavy atom. The van der Waals surface area contributed by atoms with Crippen molar-refractivity contribution in [3.05, 3.63) is 29.4 Å². The van der Waals surface area contributed by atoms with Gasteiger partial charge in [0.25, 0.3) is 0 Å². The molecule has 1 aromatic heterocycles. The van der Waals surface area contributed by atoms with E-state index >= 15 is 0 Å². The van der Waals surface area contributed by atoms with Gasteiger partial charge < -0.3 is 10.1 Å². The number of methoxy groups -OCH3 is 1. The van der Waals surface area contributed by atoms with Crippen LogP contribution in [-0.4, -0.2) is 35.9 Å². The second-order valence-corrected chi connectivity index (χ2v) is 4.47. The molecule has 0 aliphatic heterocycles. The normalized spacial score (nSPS) is 13.4. The third-order valence-electron chi connectivity index (χ3n) is 2.62. The first-order valence-electron chi connectivity index (χ1n) is 5.66. The summed E-state index contributed by atoms with van der Waals surface area (Å²) in [6, 6.07) is 4.91. The summed E-state index contributed by atoms with van der Waals surface area (Å²) in [6.45, 7) is -0.437. The topological polar surface area (TPSA) is 47.0 Å². The largest absolute Gasteiger partial charge is 0.416 e. The van der Waals surface area contributed by atoms with Crippen molar-refractivity contribution in [2.45, 2.75) is 12.3 Å². The molecule has 0 aliphatic rings. The first kappa shape index (κ1) is 14.8. The van der Waals surface area contributed by atoms with E-state index in [1.165, 1.54) is 6.20 Å². The van der Waals surface area contributed by atoms with E-state index in [9.17, 15) is 13.2 Å². The molecular weight excluding hydrogens is 295 g/mol. The number of anilines is 1. The van der Waals surface area contributed by atoms with Crippen molar-refractivity contribution in [1.82, 2.24) is 9.97 Å². The number of ether oxygens (including phenoxy) is 1. The predicted molar refractivity (Wildman–Crippen MR) is 69.9 cm³/mol. The summed E-state index contributed by atoms with van der Waals surface area (Å²) in [7, 11) is 1.01. The summed E-state index contributed by atoms with van der Waals surface area (Å²) in [4.78, 5) is 8.23. The number of nitrogens with one attached hydrogen (secondary N) is 1. The quantitative estimate of drug-likeness (QED) is 0.942. The predicted octanol–water partition coefficient (Wildman–Crippen LogP) is 3.27. The monoisotopic (exact) mass is 305 g/mol. The van der Waals surface area contributed by atoms with Gasteiger partial charge in [0.2, 0.25) is 0 Å². The molecule has 0 aliphatic carbocycles. The van der Waals surface area contributed by atoms with Gasteiger partial charge in [-0.1, -0.05) is 11.6 Å². The minimum absolute atomic E-state index is 0.242. The fourth-order valence-electron chi connectivity index (χ4n) is 1.60. The van der Waals surface area contributed by atoms with E-state index in [1.807, 2.05) is 0 Å². The number of fused-ring (bicyclic) bond motifs is 1. The first-order valence-corrected chi connectivity index (χ1v) is 6.03. The molecule has 1 aromatic carbocycles. The van der Waals surface area contributed by atoms with Crippen LogP contribution in [0.1, 0.15) is 0 Å². The first-order chi connectivity index (χ1) is 9.40. The van der Waals surface area contributed by atoms with Crippen LogP contribution in [0.25, 0.3) is 11.0 Å². The van der Waals surface area contributed by atoms with Gasteiger partial charge in [-0.25, -0.2) is 4.98 Å². The molecule has 0 fully saturated rings. The number of hydrogen-bond donors (Lipinski definition) is 1. The zero-order chi connectivity index (χ0) is 14.8. The van der Waals surface area contributed by atoms with E-state index in [0.717, 1.165) is 7.11 Å². The Hall–Kier alpha value is -1.60. The fraction of sp³-hybridized carbons (Fsp3) is 0.333. The van der Waals surface area contributed by atoms with Crippen molar-refractivity contribution in [2.75, 3.05) is 19.0 Å². The van der Waals surface area contributed by atoms with Gasteiger partial charge in [0.1, 0.15) is 5.82 Å². The molecule has 1 N–H and O–H groups in total. The Balaban J connectivity index is 2.12. The molecule has 8 heteroatoms. The van der Waals surface area contributed by atoms with Crippen LogP contribution in [0.2, 0.25) is 5.02 Å². The van der Waals surface area contributed by atoms with Crippen molar-refractivity contribution in [3.8, 4) is 0 Å². The molecule has 0 saturated heterocycles. The van der Waals surface area contributed by atoms with Crippen molar-refractivity contribution in [3.63, 3.8) is 0 Å². The van der Waals surface area contributed by atoms with Crippen LogP contribution < -0.4 is 5.32 Å². The van der Waals surface area contributed by atoms with Gasteiger partial charge in [-0.15, -0.1) is 0 Å². The molecule has 20 heavy (non-hydrogen) atoms. The van der Waals surface area contributed by atoms with Crippen LogP contribution in [0.15, 0.2) is 24.4 Å². The Labute approximate surface area is 117 Å². The zero-order valence-electron chi connectivity index (χ0n) is 10.4. The Morgan fingerprint density at radius 2 is 2.10 bits per heavy atom. The molecule has 0 saturated carbocycles. The summed E-state index contributed by atoms with van der Waals surface area (Å²) in [6.07, 6.45) is -4.98. The Bertz CT molecular complexity index is 606. The number of rotatable bonds is 4. The number of aromatic nitrogens is 2. The lowest BCUT2D eigenvalue weighted by molar-refractivity contribution is -0.207. The standard InChI is InChI=1S/C12H11ClF3N3O/c1-20-10(12(14,15)16)5-18-11-6-17-9-4-7(13)2-3-8(9)19-11/h2-4,6,10H,5H2,1H3,(H,18,19). The lowest BCUT2D eigenvalue weighted by atomic mass is 10.3. The summed E-state index contributed by atoms with van der Waals surface area (Å²) in [5, 5.41) is 3.07. The molecule has 1 unspecified atom stereocenters. The number of halogens is 4. The molecule has 0 bridgehead atoms. The third kappa shape index (κ3) is 3.49. The molecule has 2 aromatic rings.